The summed E-state index contributed by atoms with van der Waals surface area (Å²) in [6.07, 6.45) is 0. The maximum Gasteiger partial charge on any atom is 0.292 e. The van der Waals surface area contributed by atoms with Gasteiger partial charge in [-0.05, 0) is 31.0 Å². The molecule has 0 saturated carbocycles. The van der Waals surface area contributed by atoms with Gasteiger partial charge in [-0.25, -0.2) is 10.1 Å². The molecule has 6 heteroatoms. The Hall–Kier alpha value is -4.06. The fraction of sp³-hybridized carbons (Fsp3) is 0.120. The topological polar surface area (TPSA) is 76.3 Å². The zero-order chi connectivity index (χ0) is 21.8. The minimum Gasteiger partial charge on any atom is -0.267 e. The first-order chi connectivity index (χ1) is 15.0. The number of rotatable bonds is 5. The number of aromatic nitrogens is 2. The summed E-state index contributed by atoms with van der Waals surface area (Å²) in [5, 5.41) is 9.59. The molecule has 154 valence electrons. The highest BCUT2D eigenvalue weighted by Crippen LogP contribution is 2.14. The van der Waals surface area contributed by atoms with Crippen LogP contribution in [0.15, 0.2) is 88.8 Å². The fourth-order valence-corrected chi connectivity index (χ4v) is 3.49. The van der Waals surface area contributed by atoms with Gasteiger partial charge in [-0.15, -0.1) is 0 Å². The predicted octanol–water partition coefficient (Wildman–Crippen LogP) is 3.91. The van der Waals surface area contributed by atoms with Crippen molar-refractivity contribution < 1.29 is 4.79 Å². The van der Waals surface area contributed by atoms with Gasteiger partial charge in [-0.3, -0.25) is 9.59 Å². The quantitative estimate of drug-likeness (QED) is 0.400. The van der Waals surface area contributed by atoms with Gasteiger partial charge in [0.1, 0.15) is 0 Å². The van der Waals surface area contributed by atoms with E-state index in [9.17, 15) is 9.59 Å². The fourth-order valence-electron chi connectivity index (χ4n) is 3.49. The Morgan fingerprint density at radius 2 is 1.58 bits per heavy atom. The Kier molecular flexibility index (Phi) is 5.71. The summed E-state index contributed by atoms with van der Waals surface area (Å²) < 4.78 is 1.32. The summed E-state index contributed by atoms with van der Waals surface area (Å²) in [4.78, 5) is 25.9. The lowest BCUT2D eigenvalue weighted by molar-refractivity contribution is 0.0949. The highest BCUT2D eigenvalue weighted by atomic mass is 16.2. The minimum atomic E-state index is -0.467. The molecule has 4 rings (SSSR count). The van der Waals surface area contributed by atoms with Crippen molar-refractivity contribution in [2.24, 2.45) is 5.10 Å². The van der Waals surface area contributed by atoms with Crippen molar-refractivity contribution in [2.75, 3.05) is 0 Å². The summed E-state index contributed by atoms with van der Waals surface area (Å²) in [7, 11) is 0. The molecule has 0 spiro atoms. The number of aryl methyl sites for hydroxylation is 1. The van der Waals surface area contributed by atoms with Gasteiger partial charge in [-0.1, -0.05) is 72.8 Å². The molecule has 0 bridgehead atoms. The minimum absolute atomic E-state index is 0.160. The highest BCUT2D eigenvalue weighted by Gasteiger charge is 2.17. The average molecular weight is 410 g/mol. The van der Waals surface area contributed by atoms with Crippen LogP contribution in [0.5, 0.6) is 0 Å². The van der Waals surface area contributed by atoms with E-state index in [1.54, 1.807) is 24.3 Å². The Labute approximate surface area is 179 Å². The maximum absolute atomic E-state index is 13.0. The second kappa shape index (κ2) is 8.75. The van der Waals surface area contributed by atoms with E-state index in [-0.39, 0.29) is 17.8 Å². The molecule has 0 aliphatic rings. The lowest BCUT2D eigenvalue weighted by Gasteiger charge is -2.11. The van der Waals surface area contributed by atoms with Crippen molar-refractivity contribution in [1.29, 1.82) is 0 Å². The first kappa shape index (κ1) is 20.2. The van der Waals surface area contributed by atoms with Crippen LogP contribution in [0.4, 0.5) is 0 Å². The third-order valence-corrected chi connectivity index (χ3v) is 5.12. The highest BCUT2D eigenvalue weighted by molar-refractivity contribution is 6.06. The van der Waals surface area contributed by atoms with Gasteiger partial charge >= 0.3 is 0 Å². The van der Waals surface area contributed by atoms with E-state index in [1.807, 2.05) is 68.4 Å². The molecule has 0 aliphatic heterocycles. The van der Waals surface area contributed by atoms with Crippen LogP contribution in [0.3, 0.4) is 0 Å². The van der Waals surface area contributed by atoms with E-state index in [1.165, 1.54) is 4.68 Å². The summed E-state index contributed by atoms with van der Waals surface area (Å²) in [5.41, 5.74) is 6.15. The average Bonchev–Trinajstić information content (AvgIpc) is 2.80. The SMILES string of the molecule is C/C(=N/NC(=O)c1nn(Cc2ccccc2)c(=O)c2ccccc12)c1ccccc1C. The number of benzene rings is 3. The van der Waals surface area contributed by atoms with Crippen molar-refractivity contribution in [3.8, 4) is 0 Å². The van der Waals surface area contributed by atoms with Gasteiger partial charge in [0, 0.05) is 10.9 Å². The maximum atomic E-state index is 13.0. The third kappa shape index (κ3) is 4.28. The van der Waals surface area contributed by atoms with E-state index in [0.29, 0.717) is 16.5 Å². The molecule has 1 aromatic heterocycles. The molecular formula is C25H22N4O2. The van der Waals surface area contributed by atoms with Gasteiger partial charge < -0.3 is 0 Å². The summed E-state index contributed by atoms with van der Waals surface area (Å²) in [6, 6.07) is 24.4. The molecule has 0 radical (unpaired) electrons. The van der Waals surface area contributed by atoms with Crippen LogP contribution >= 0.6 is 0 Å². The summed E-state index contributed by atoms with van der Waals surface area (Å²) in [5.74, 6) is -0.467. The number of hydrazone groups is 1. The van der Waals surface area contributed by atoms with Crippen molar-refractivity contribution in [1.82, 2.24) is 15.2 Å². The van der Waals surface area contributed by atoms with Crippen LogP contribution in [-0.4, -0.2) is 21.4 Å². The summed E-state index contributed by atoms with van der Waals surface area (Å²) >= 11 is 0. The number of amides is 1. The number of nitrogens with one attached hydrogen (secondary N) is 1. The van der Waals surface area contributed by atoms with Gasteiger partial charge in [-0.2, -0.15) is 10.2 Å². The van der Waals surface area contributed by atoms with Gasteiger partial charge in [0.25, 0.3) is 11.5 Å². The van der Waals surface area contributed by atoms with Crippen LogP contribution in [0.25, 0.3) is 10.8 Å². The van der Waals surface area contributed by atoms with Crippen molar-refractivity contribution >= 4 is 22.4 Å². The molecule has 31 heavy (non-hydrogen) atoms. The van der Waals surface area contributed by atoms with Crippen LogP contribution in [0.1, 0.15) is 34.1 Å². The number of hydrogen-bond acceptors (Lipinski definition) is 4. The monoisotopic (exact) mass is 410 g/mol. The number of carbonyl (C=O) groups is 1. The van der Waals surface area contributed by atoms with Crippen LogP contribution in [-0.2, 0) is 6.54 Å². The molecule has 3 aromatic carbocycles. The van der Waals surface area contributed by atoms with Crippen LogP contribution in [0, 0.1) is 6.92 Å². The van der Waals surface area contributed by atoms with E-state index in [2.05, 4.69) is 15.6 Å². The van der Waals surface area contributed by atoms with Crippen LogP contribution in [0.2, 0.25) is 0 Å². The first-order valence-electron chi connectivity index (χ1n) is 9.99. The Balaban J connectivity index is 1.71. The molecule has 0 fully saturated rings. The predicted molar refractivity (Wildman–Crippen MR) is 122 cm³/mol. The molecule has 1 heterocycles. The molecule has 0 aliphatic carbocycles. The molecular weight excluding hydrogens is 388 g/mol. The van der Waals surface area contributed by atoms with E-state index in [0.717, 1.165) is 16.7 Å². The first-order valence-corrected chi connectivity index (χ1v) is 9.99. The number of fused-ring (bicyclic) bond motifs is 1. The van der Waals surface area contributed by atoms with E-state index in [4.69, 9.17) is 0 Å². The second-order valence-electron chi connectivity index (χ2n) is 7.30. The van der Waals surface area contributed by atoms with Gasteiger partial charge in [0.05, 0.1) is 17.6 Å². The van der Waals surface area contributed by atoms with E-state index < -0.39 is 5.91 Å². The van der Waals surface area contributed by atoms with Gasteiger partial charge in [0.15, 0.2) is 5.69 Å². The lowest BCUT2D eigenvalue weighted by Crippen LogP contribution is -2.29. The number of hydrogen-bond donors (Lipinski definition) is 1. The molecule has 6 nitrogen and oxygen atoms in total. The molecule has 4 aromatic rings. The second-order valence-corrected chi connectivity index (χ2v) is 7.30. The largest absolute Gasteiger partial charge is 0.292 e. The standard InChI is InChI=1S/C25H22N4O2/c1-17-10-6-7-13-20(17)18(2)26-27-24(30)23-21-14-8-9-15-22(21)25(31)29(28-23)16-19-11-4-3-5-12-19/h3-15H,16H2,1-2H3,(H,27,30)/b26-18-. The molecule has 0 unspecified atom stereocenters. The third-order valence-electron chi connectivity index (χ3n) is 5.12. The zero-order valence-electron chi connectivity index (χ0n) is 17.4. The zero-order valence-corrected chi connectivity index (χ0v) is 17.4. The number of nitrogens with zero attached hydrogens (tertiary/aromatic N) is 3. The van der Waals surface area contributed by atoms with Gasteiger partial charge in [0.2, 0.25) is 0 Å². The van der Waals surface area contributed by atoms with E-state index >= 15 is 0 Å². The molecule has 0 saturated heterocycles. The molecule has 0 atom stereocenters. The Bertz CT molecular complexity index is 1340. The Morgan fingerprint density at radius 3 is 2.32 bits per heavy atom. The van der Waals surface area contributed by atoms with Crippen molar-refractivity contribution in [3.05, 3.63) is 112 Å². The smallest absolute Gasteiger partial charge is 0.267 e. The summed E-state index contributed by atoms with van der Waals surface area (Å²) in [6.45, 7) is 4.10. The Morgan fingerprint density at radius 1 is 0.935 bits per heavy atom. The normalized spacial score (nSPS) is 11.5. The van der Waals surface area contributed by atoms with Crippen molar-refractivity contribution in [2.45, 2.75) is 20.4 Å². The van der Waals surface area contributed by atoms with Crippen molar-refractivity contribution in [3.63, 3.8) is 0 Å². The van der Waals surface area contributed by atoms with Crippen LogP contribution < -0.4 is 11.0 Å². The molecule has 1 amide bonds. The molecule has 1 N–H and O–H groups in total. The lowest BCUT2D eigenvalue weighted by atomic mass is 10.1. The number of carbonyl (C=O) groups excluding carboxylic acids is 1.